The van der Waals surface area contributed by atoms with Gasteiger partial charge in [-0.15, -0.1) is 0 Å². The number of hydrogen-bond donors (Lipinski definition) is 0. The summed E-state index contributed by atoms with van der Waals surface area (Å²) >= 11 is 0. The van der Waals surface area contributed by atoms with Gasteiger partial charge in [-0.25, -0.2) is 9.67 Å². The van der Waals surface area contributed by atoms with Crippen LogP contribution in [0.15, 0.2) is 34.1 Å². The molecule has 0 bridgehead atoms. The molecule has 0 aromatic carbocycles. The highest BCUT2D eigenvalue weighted by Crippen LogP contribution is 2.21. The van der Waals surface area contributed by atoms with Crippen LogP contribution in [0.4, 0.5) is 0 Å². The molecule has 1 fully saturated rings. The normalized spacial score (nSPS) is 18.4. The SMILES string of the molecule is Cn1cnc(CN2CCCC2Cn2nc(C(C)(C)C)ccc2=O)cc1=O. The summed E-state index contributed by atoms with van der Waals surface area (Å²) in [5.41, 5.74) is 1.45. The Morgan fingerprint density at radius 2 is 1.96 bits per heavy atom. The molecule has 3 rings (SSSR count). The Morgan fingerprint density at radius 1 is 1.19 bits per heavy atom. The van der Waals surface area contributed by atoms with Gasteiger partial charge in [-0.2, -0.15) is 5.10 Å². The molecule has 1 aliphatic rings. The highest BCUT2D eigenvalue weighted by Gasteiger charge is 2.26. The van der Waals surface area contributed by atoms with Crippen molar-refractivity contribution >= 4 is 0 Å². The van der Waals surface area contributed by atoms with E-state index in [1.165, 1.54) is 4.57 Å². The maximum Gasteiger partial charge on any atom is 0.266 e. The first kappa shape index (κ1) is 18.5. The lowest BCUT2D eigenvalue weighted by atomic mass is 9.92. The molecule has 2 aromatic heterocycles. The van der Waals surface area contributed by atoms with Gasteiger partial charge in [0, 0.05) is 37.2 Å². The molecule has 7 nitrogen and oxygen atoms in total. The zero-order valence-corrected chi connectivity index (χ0v) is 16.0. The molecule has 0 amide bonds. The number of nitrogens with zero attached hydrogens (tertiary/aromatic N) is 5. The minimum Gasteiger partial charge on any atom is -0.302 e. The van der Waals surface area contributed by atoms with E-state index in [2.05, 4.69) is 35.8 Å². The number of rotatable bonds is 4. The van der Waals surface area contributed by atoms with E-state index in [0.717, 1.165) is 30.8 Å². The number of hydrogen-bond acceptors (Lipinski definition) is 5. The minimum atomic E-state index is -0.0984. The third-order valence-corrected chi connectivity index (χ3v) is 4.92. The first-order chi connectivity index (χ1) is 12.2. The van der Waals surface area contributed by atoms with Gasteiger partial charge >= 0.3 is 0 Å². The smallest absolute Gasteiger partial charge is 0.266 e. The van der Waals surface area contributed by atoms with Crippen LogP contribution in [0, 0.1) is 0 Å². The third-order valence-electron chi connectivity index (χ3n) is 4.92. The molecule has 7 heteroatoms. The van der Waals surface area contributed by atoms with Gasteiger partial charge in [0.25, 0.3) is 11.1 Å². The molecule has 0 spiro atoms. The van der Waals surface area contributed by atoms with E-state index in [-0.39, 0.29) is 22.6 Å². The quantitative estimate of drug-likeness (QED) is 0.825. The van der Waals surface area contributed by atoms with Crippen LogP contribution < -0.4 is 11.1 Å². The van der Waals surface area contributed by atoms with E-state index in [0.29, 0.717) is 13.1 Å². The Labute approximate surface area is 153 Å². The van der Waals surface area contributed by atoms with Crippen LogP contribution in [0.5, 0.6) is 0 Å². The van der Waals surface area contributed by atoms with Gasteiger partial charge in [0.05, 0.1) is 24.3 Å². The van der Waals surface area contributed by atoms with Gasteiger partial charge < -0.3 is 4.57 Å². The van der Waals surface area contributed by atoms with Gasteiger partial charge in [-0.05, 0) is 25.5 Å². The molecule has 2 aromatic rings. The van der Waals surface area contributed by atoms with E-state index in [9.17, 15) is 9.59 Å². The monoisotopic (exact) mass is 357 g/mol. The average Bonchev–Trinajstić information content (AvgIpc) is 2.99. The molecule has 26 heavy (non-hydrogen) atoms. The first-order valence-electron chi connectivity index (χ1n) is 9.08. The van der Waals surface area contributed by atoms with Crippen molar-refractivity contribution < 1.29 is 0 Å². The maximum absolute atomic E-state index is 12.3. The van der Waals surface area contributed by atoms with Crippen molar-refractivity contribution in [2.24, 2.45) is 7.05 Å². The molecule has 0 saturated carbocycles. The van der Waals surface area contributed by atoms with Crippen LogP contribution >= 0.6 is 0 Å². The summed E-state index contributed by atoms with van der Waals surface area (Å²) in [5.74, 6) is 0. The summed E-state index contributed by atoms with van der Waals surface area (Å²) < 4.78 is 3.05. The zero-order valence-electron chi connectivity index (χ0n) is 16.0. The van der Waals surface area contributed by atoms with E-state index in [4.69, 9.17) is 0 Å². The van der Waals surface area contributed by atoms with Crippen molar-refractivity contribution in [2.75, 3.05) is 6.54 Å². The van der Waals surface area contributed by atoms with Crippen LogP contribution in [0.25, 0.3) is 0 Å². The lowest BCUT2D eigenvalue weighted by Gasteiger charge is -2.25. The van der Waals surface area contributed by atoms with Gasteiger partial charge in [-0.3, -0.25) is 14.5 Å². The molecule has 0 N–H and O–H groups in total. The fraction of sp³-hybridized carbons (Fsp3) is 0.579. The summed E-state index contributed by atoms with van der Waals surface area (Å²) in [6.45, 7) is 8.39. The molecule has 1 aliphatic heterocycles. The van der Waals surface area contributed by atoms with E-state index < -0.39 is 0 Å². The second-order valence-corrected chi connectivity index (χ2v) is 8.08. The van der Waals surface area contributed by atoms with Crippen LogP contribution in [-0.2, 0) is 25.6 Å². The third kappa shape index (κ3) is 4.09. The molecular formula is C19H27N5O2. The van der Waals surface area contributed by atoms with Gasteiger partial charge in [0.2, 0.25) is 0 Å². The molecule has 1 atom stereocenters. The van der Waals surface area contributed by atoms with E-state index in [1.54, 1.807) is 30.2 Å². The molecule has 1 unspecified atom stereocenters. The zero-order chi connectivity index (χ0) is 18.9. The summed E-state index contributed by atoms with van der Waals surface area (Å²) in [7, 11) is 1.69. The molecular weight excluding hydrogens is 330 g/mol. The number of aromatic nitrogens is 4. The van der Waals surface area contributed by atoms with Gasteiger partial charge in [0.15, 0.2) is 0 Å². The van der Waals surface area contributed by atoms with Crippen LogP contribution in [0.1, 0.15) is 45.0 Å². The Morgan fingerprint density at radius 3 is 2.65 bits per heavy atom. The van der Waals surface area contributed by atoms with Crippen LogP contribution in [0.3, 0.4) is 0 Å². The topological polar surface area (TPSA) is 73.0 Å². The summed E-state index contributed by atoms with van der Waals surface area (Å²) in [6, 6.07) is 5.23. The lowest BCUT2D eigenvalue weighted by Crippen LogP contribution is -2.38. The van der Waals surface area contributed by atoms with E-state index >= 15 is 0 Å². The highest BCUT2D eigenvalue weighted by molar-refractivity contribution is 5.11. The van der Waals surface area contributed by atoms with Gasteiger partial charge in [0.1, 0.15) is 0 Å². The predicted molar refractivity (Wildman–Crippen MR) is 100 cm³/mol. The van der Waals surface area contributed by atoms with Crippen molar-refractivity contribution in [1.29, 1.82) is 0 Å². The Kier molecular flexibility index (Phi) is 5.09. The molecule has 0 radical (unpaired) electrons. The van der Waals surface area contributed by atoms with Gasteiger partial charge in [-0.1, -0.05) is 20.8 Å². The molecule has 1 saturated heterocycles. The Balaban J connectivity index is 1.78. The average molecular weight is 357 g/mol. The maximum atomic E-state index is 12.3. The Bertz CT molecular complexity index is 894. The number of likely N-dealkylation sites (tertiary alicyclic amines) is 1. The minimum absolute atomic E-state index is 0.0542. The molecule has 140 valence electrons. The van der Waals surface area contributed by atoms with Crippen molar-refractivity contribution in [2.45, 2.75) is 58.2 Å². The first-order valence-corrected chi connectivity index (χ1v) is 9.08. The molecule has 0 aliphatic carbocycles. The number of aryl methyl sites for hydroxylation is 1. The fourth-order valence-electron chi connectivity index (χ4n) is 3.28. The second kappa shape index (κ2) is 7.15. The predicted octanol–water partition coefficient (Wildman–Crippen LogP) is 1.30. The van der Waals surface area contributed by atoms with E-state index in [1.807, 2.05) is 6.07 Å². The van der Waals surface area contributed by atoms with Crippen LogP contribution in [0.2, 0.25) is 0 Å². The fourth-order valence-corrected chi connectivity index (χ4v) is 3.28. The summed E-state index contributed by atoms with van der Waals surface area (Å²) in [5, 5.41) is 4.58. The van der Waals surface area contributed by atoms with Crippen LogP contribution in [-0.4, -0.2) is 36.8 Å². The lowest BCUT2D eigenvalue weighted by molar-refractivity contribution is 0.213. The second-order valence-electron chi connectivity index (χ2n) is 8.08. The van der Waals surface area contributed by atoms with Crippen molar-refractivity contribution in [3.63, 3.8) is 0 Å². The summed E-state index contributed by atoms with van der Waals surface area (Å²) in [6.07, 6.45) is 3.64. The van der Waals surface area contributed by atoms with Crippen molar-refractivity contribution in [3.05, 3.63) is 56.6 Å². The highest BCUT2D eigenvalue weighted by atomic mass is 16.1. The Hall–Kier alpha value is -2.28. The standard InChI is InChI=1S/C19H27N5O2/c1-19(2,3)16-7-8-17(25)24(21-16)12-15-6-5-9-23(15)11-14-10-18(26)22(4)13-20-14/h7-8,10,13,15H,5-6,9,11-12H2,1-4H3. The summed E-state index contributed by atoms with van der Waals surface area (Å²) in [4.78, 5) is 30.7. The largest absolute Gasteiger partial charge is 0.302 e. The molecule has 3 heterocycles. The van der Waals surface area contributed by atoms with Crippen molar-refractivity contribution in [3.8, 4) is 0 Å². The van der Waals surface area contributed by atoms with Crippen molar-refractivity contribution in [1.82, 2.24) is 24.2 Å².